The highest BCUT2D eigenvalue weighted by molar-refractivity contribution is 5.49. The summed E-state index contributed by atoms with van der Waals surface area (Å²) in [4.78, 5) is 4.07. The molecule has 0 aliphatic rings. The smallest absolute Gasteiger partial charge is 0.0953 e. The maximum Gasteiger partial charge on any atom is 0.0953 e. The number of furan rings is 1. The summed E-state index contributed by atoms with van der Waals surface area (Å²) >= 11 is 0. The quantitative estimate of drug-likeness (QED) is 0.794. The third kappa shape index (κ3) is 1.85. The second kappa shape index (κ2) is 4.14. The van der Waals surface area contributed by atoms with Gasteiger partial charge in [0, 0.05) is 29.2 Å². The molecule has 3 N–H and O–H groups in total. The minimum Gasteiger partial charge on any atom is -0.472 e. The number of pyridine rings is 1. The van der Waals surface area contributed by atoms with Gasteiger partial charge in [-0.3, -0.25) is 4.98 Å². The molecule has 15 heavy (non-hydrogen) atoms. The topological polar surface area (TPSA) is 64.1 Å². The first-order chi connectivity index (χ1) is 7.33. The van der Waals surface area contributed by atoms with Crippen LogP contribution >= 0.6 is 0 Å². The highest BCUT2D eigenvalue weighted by Crippen LogP contribution is 2.25. The van der Waals surface area contributed by atoms with Gasteiger partial charge in [-0.25, -0.2) is 0 Å². The molecular weight excluding hydrogens is 190 g/mol. The first-order valence-electron chi connectivity index (χ1n) is 4.71. The van der Waals surface area contributed by atoms with Gasteiger partial charge in [0.2, 0.25) is 0 Å². The Bertz CT molecular complexity index is 425. The van der Waals surface area contributed by atoms with E-state index in [1.807, 2.05) is 13.1 Å². The predicted molar refractivity (Wildman–Crippen MR) is 58.3 cm³/mol. The van der Waals surface area contributed by atoms with E-state index >= 15 is 0 Å². The molecule has 4 nitrogen and oxygen atoms in total. The molecule has 2 aromatic heterocycles. The standard InChI is InChI=1S/C11H13N3O/c1-13-11(8-3-5-15-7-8)9-6-14-4-2-10(9)12/h2-7,11,13H,1H3,(H2,12,14). The molecular formula is C11H13N3O. The summed E-state index contributed by atoms with van der Waals surface area (Å²) in [5, 5.41) is 3.18. The highest BCUT2D eigenvalue weighted by atomic mass is 16.3. The Kier molecular flexibility index (Phi) is 2.69. The molecule has 78 valence electrons. The van der Waals surface area contributed by atoms with Crippen molar-refractivity contribution in [3.05, 3.63) is 48.2 Å². The number of nitrogen functional groups attached to an aromatic ring is 1. The van der Waals surface area contributed by atoms with Gasteiger partial charge in [-0.15, -0.1) is 0 Å². The van der Waals surface area contributed by atoms with E-state index in [0.29, 0.717) is 0 Å². The first-order valence-corrected chi connectivity index (χ1v) is 4.71. The zero-order chi connectivity index (χ0) is 10.7. The monoisotopic (exact) mass is 203 g/mol. The number of hydrogen-bond acceptors (Lipinski definition) is 4. The number of aromatic nitrogens is 1. The van der Waals surface area contributed by atoms with Crippen LogP contribution < -0.4 is 11.1 Å². The Balaban J connectivity index is 2.40. The van der Waals surface area contributed by atoms with Gasteiger partial charge in [0.15, 0.2) is 0 Å². The lowest BCUT2D eigenvalue weighted by atomic mass is 10.0. The van der Waals surface area contributed by atoms with Gasteiger partial charge in [0.05, 0.1) is 18.6 Å². The zero-order valence-electron chi connectivity index (χ0n) is 8.47. The lowest BCUT2D eigenvalue weighted by molar-refractivity contribution is 0.557. The van der Waals surface area contributed by atoms with Gasteiger partial charge in [0.1, 0.15) is 0 Å². The molecule has 0 aromatic carbocycles. The van der Waals surface area contributed by atoms with Gasteiger partial charge in [-0.05, 0) is 19.2 Å². The summed E-state index contributed by atoms with van der Waals surface area (Å²) in [6.07, 6.45) is 6.80. The molecule has 1 atom stereocenters. The van der Waals surface area contributed by atoms with Crippen LogP contribution in [0.15, 0.2) is 41.5 Å². The maximum absolute atomic E-state index is 5.89. The van der Waals surface area contributed by atoms with E-state index in [1.54, 1.807) is 31.0 Å². The van der Waals surface area contributed by atoms with Crippen LogP contribution in [0.3, 0.4) is 0 Å². The third-order valence-corrected chi connectivity index (χ3v) is 2.36. The van der Waals surface area contributed by atoms with E-state index in [4.69, 9.17) is 10.2 Å². The number of nitrogens with zero attached hydrogens (tertiary/aromatic N) is 1. The molecule has 2 rings (SSSR count). The van der Waals surface area contributed by atoms with Gasteiger partial charge in [0.25, 0.3) is 0 Å². The molecule has 2 aromatic rings. The van der Waals surface area contributed by atoms with Gasteiger partial charge in [-0.1, -0.05) is 0 Å². The van der Waals surface area contributed by atoms with Crippen molar-refractivity contribution in [1.29, 1.82) is 0 Å². The van der Waals surface area contributed by atoms with Crippen molar-refractivity contribution in [2.75, 3.05) is 12.8 Å². The summed E-state index contributed by atoms with van der Waals surface area (Å²) in [5.41, 5.74) is 8.62. The van der Waals surface area contributed by atoms with Crippen LogP contribution in [-0.2, 0) is 0 Å². The van der Waals surface area contributed by atoms with Gasteiger partial charge < -0.3 is 15.5 Å². The van der Waals surface area contributed by atoms with E-state index in [0.717, 1.165) is 16.8 Å². The van der Waals surface area contributed by atoms with Crippen LogP contribution in [0.5, 0.6) is 0 Å². The Morgan fingerprint density at radius 2 is 2.33 bits per heavy atom. The van der Waals surface area contributed by atoms with E-state index in [9.17, 15) is 0 Å². The van der Waals surface area contributed by atoms with E-state index in [1.165, 1.54) is 0 Å². The van der Waals surface area contributed by atoms with Crippen LogP contribution in [0.2, 0.25) is 0 Å². The molecule has 0 aliphatic carbocycles. The summed E-state index contributed by atoms with van der Waals surface area (Å²) in [6, 6.07) is 3.73. The van der Waals surface area contributed by atoms with Crippen molar-refractivity contribution in [3.8, 4) is 0 Å². The SMILES string of the molecule is CNC(c1ccoc1)c1cnccc1N. The Morgan fingerprint density at radius 3 is 2.93 bits per heavy atom. The molecule has 0 saturated heterocycles. The van der Waals surface area contributed by atoms with Crippen molar-refractivity contribution >= 4 is 5.69 Å². The largest absolute Gasteiger partial charge is 0.472 e. The summed E-state index contributed by atoms with van der Waals surface area (Å²) in [6.45, 7) is 0. The highest BCUT2D eigenvalue weighted by Gasteiger charge is 2.15. The van der Waals surface area contributed by atoms with Crippen molar-refractivity contribution in [3.63, 3.8) is 0 Å². The van der Waals surface area contributed by atoms with Crippen LogP contribution in [0, 0.1) is 0 Å². The molecule has 0 saturated carbocycles. The van der Waals surface area contributed by atoms with E-state index < -0.39 is 0 Å². The molecule has 0 bridgehead atoms. The zero-order valence-corrected chi connectivity index (χ0v) is 8.47. The minimum atomic E-state index is 0.0254. The Labute approximate surface area is 88.1 Å². The van der Waals surface area contributed by atoms with Crippen molar-refractivity contribution in [2.45, 2.75) is 6.04 Å². The van der Waals surface area contributed by atoms with Crippen LogP contribution in [0.4, 0.5) is 5.69 Å². The van der Waals surface area contributed by atoms with E-state index in [2.05, 4.69) is 10.3 Å². The van der Waals surface area contributed by atoms with Crippen LogP contribution in [-0.4, -0.2) is 12.0 Å². The summed E-state index contributed by atoms with van der Waals surface area (Å²) in [7, 11) is 1.88. The predicted octanol–water partition coefficient (Wildman–Crippen LogP) is 1.57. The van der Waals surface area contributed by atoms with Crippen molar-refractivity contribution in [2.24, 2.45) is 0 Å². The number of nitrogens with two attached hydrogens (primary N) is 1. The molecule has 0 aliphatic heterocycles. The van der Waals surface area contributed by atoms with Crippen molar-refractivity contribution in [1.82, 2.24) is 10.3 Å². The normalized spacial score (nSPS) is 12.6. The van der Waals surface area contributed by atoms with E-state index in [-0.39, 0.29) is 6.04 Å². The third-order valence-electron chi connectivity index (χ3n) is 2.36. The minimum absolute atomic E-state index is 0.0254. The van der Waals surface area contributed by atoms with Crippen LogP contribution in [0.25, 0.3) is 0 Å². The fourth-order valence-corrected chi connectivity index (χ4v) is 1.60. The summed E-state index contributed by atoms with van der Waals surface area (Å²) in [5.74, 6) is 0. The molecule has 0 spiro atoms. The molecule has 0 amide bonds. The molecule has 0 fully saturated rings. The number of anilines is 1. The molecule has 0 radical (unpaired) electrons. The maximum atomic E-state index is 5.89. The molecule has 4 heteroatoms. The fraction of sp³-hybridized carbons (Fsp3) is 0.182. The average Bonchev–Trinajstić information content (AvgIpc) is 2.75. The summed E-state index contributed by atoms with van der Waals surface area (Å²) < 4.78 is 5.06. The van der Waals surface area contributed by atoms with Gasteiger partial charge >= 0.3 is 0 Å². The fourth-order valence-electron chi connectivity index (χ4n) is 1.60. The van der Waals surface area contributed by atoms with Gasteiger partial charge in [-0.2, -0.15) is 0 Å². The Hall–Kier alpha value is -1.81. The van der Waals surface area contributed by atoms with Crippen LogP contribution in [0.1, 0.15) is 17.2 Å². The average molecular weight is 203 g/mol. The second-order valence-corrected chi connectivity index (χ2v) is 3.28. The molecule has 2 heterocycles. The lowest BCUT2D eigenvalue weighted by Crippen LogP contribution is -2.18. The number of rotatable bonds is 3. The number of hydrogen-bond donors (Lipinski definition) is 2. The lowest BCUT2D eigenvalue weighted by Gasteiger charge is -2.16. The molecule has 1 unspecified atom stereocenters. The second-order valence-electron chi connectivity index (χ2n) is 3.28. The van der Waals surface area contributed by atoms with Crippen molar-refractivity contribution < 1.29 is 4.42 Å². The number of nitrogens with one attached hydrogen (secondary N) is 1. The first kappa shape index (κ1) is 9.73. The Morgan fingerprint density at radius 1 is 1.47 bits per heavy atom.